The van der Waals surface area contributed by atoms with E-state index in [0.29, 0.717) is 10.7 Å². The smallest absolute Gasteiger partial charge is 0.416 e. The lowest BCUT2D eigenvalue weighted by Crippen LogP contribution is -2.15. The molecule has 0 bridgehead atoms. The first-order valence-electron chi connectivity index (χ1n) is 8.83. The zero-order chi connectivity index (χ0) is 22.6. The number of nitriles is 1. The minimum absolute atomic E-state index is 0.0912. The highest BCUT2D eigenvalue weighted by atomic mass is 32.2. The molecule has 1 N–H and O–H groups in total. The van der Waals surface area contributed by atoms with Crippen molar-refractivity contribution in [1.82, 2.24) is 9.97 Å². The number of aromatic nitrogens is 2. The van der Waals surface area contributed by atoms with E-state index in [1.54, 1.807) is 24.5 Å². The third-order valence-electron chi connectivity index (χ3n) is 4.29. The van der Waals surface area contributed by atoms with E-state index >= 15 is 0 Å². The zero-order valence-corrected chi connectivity index (χ0v) is 17.2. The molecule has 10 heteroatoms. The third-order valence-corrected chi connectivity index (χ3v) is 4.87. The van der Waals surface area contributed by atoms with Crippen LogP contribution in [0.25, 0.3) is 11.3 Å². The Morgan fingerprint density at radius 2 is 1.97 bits per heavy atom. The Morgan fingerprint density at radius 3 is 2.61 bits per heavy atom. The summed E-state index contributed by atoms with van der Waals surface area (Å²) in [6, 6.07) is 11.4. The highest BCUT2D eigenvalue weighted by Gasteiger charge is 2.30. The van der Waals surface area contributed by atoms with Crippen molar-refractivity contribution in [3.8, 4) is 28.8 Å². The first kappa shape index (κ1) is 22.2. The molecular weight excluding hydrogens is 431 g/mol. The lowest BCUT2D eigenvalue weighted by atomic mass is 10.1. The van der Waals surface area contributed by atoms with Gasteiger partial charge < -0.3 is 14.5 Å². The van der Waals surface area contributed by atoms with E-state index in [1.165, 1.54) is 31.0 Å². The number of aromatic amines is 1. The molecule has 6 nitrogen and oxygen atoms in total. The monoisotopic (exact) mass is 447 g/mol. The molecule has 0 aliphatic carbocycles. The predicted octanol–water partition coefficient (Wildman–Crippen LogP) is 4.64. The summed E-state index contributed by atoms with van der Waals surface area (Å²) in [5.41, 5.74) is -0.923. The van der Waals surface area contributed by atoms with Crippen LogP contribution in [0.2, 0.25) is 0 Å². The van der Waals surface area contributed by atoms with Crippen molar-refractivity contribution in [2.75, 3.05) is 13.4 Å². The van der Waals surface area contributed by atoms with Gasteiger partial charge >= 0.3 is 6.18 Å². The van der Waals surface area contributed by atoms with Crippen LogP contribution in [0.4, 0.5) is 13.2 Å². The summed E-state index contributed by atoms with van der Waals surface area (Å²) in [5, 5.41) is 9.76. The average molecular weight is 447 g/mol. The number of hydrogen-bond acceptors (Lipinski definition) is 6. The van der Waals surface area contributed by atoms with E-state index in [-0.39, 0.29) is 34.9 Å². The maximum Gasteiger partial charge on any atom is 0.416 e. The maximum atomic E-state index is 13.0. The lowest BCUT2D eigenvalue weighted by molar-refractivity contribution is -0.137. The number of thioether (sulfide) groups is 1. The van der Waals surface area contributed by atoms with Crippen LogP contribution >= 0.6 is 11.8 Å². The van der Waals surface area contributed by atoms with Crippen LogP contribution in [0.3, 0.4) is 0 Å². The largest absolute Gasteiger partial charge is 0.493 e. The van der Waals surface area contributed by atoms with E-state index in [4.69, 9.17) is 9.47 Å². The fourth-order valence-electron chi connectivity index (χ4n) is 2.85. The van der Waals surface area contributed by atoms with Crippen LogP contribution in [0.15, 0.2) is 52.4 Å². The Hall–Kier alpha value is -3.45. The van der Waals surface area contributed by atoms with Gasteiger partial charge in [-0.2, -0.15) is 18.4 Å². The molecule has 3 rings (SSSR count). The quantitative estimate of drug-likeness (QED) is 0.438. The van der Waals surface area contributed by atoms with Gasteiger partial charge in [0.1, 0.15) is 23.9 Å². The summed E-state index contributed by atoms with van der Waals surface area (Å²) < 4.78 is 50.1. The molecule has 0 fully saturated rings. The highest BCUT2D eigenvalue weighted by molar-refractivity contribution is 7.98. The Kier molecular flexibility index (Phi) is 6.56. The molecular formula is C21H16F3N3O3S. The molecule has 0 radical (unpaired) electrons. The molecule has 1 heterocycles. The molecule has 0 spiro atoms. The van der Waals surface area contributed by atoms with Crippen molar-refractivity contribution in [2.45, 2.75) is 17.9 Å². The van der Waals surface area contributed by atoms with Crippen molar-refractivity contribution in [3.63, 3.8) is 0 Å². The Morgan fingerprint density at radius 1 is 1.23 bits per heavy atom. The number of nitrogens with zero attached hydrogens (tertiary/aromatic N) is 2. The van der Waals surface area contributed by atoms with E-state index < -0.39 is 17.3 Å². The topological polar surface area (TPSA) is 88.0 Å². The van der Waals surface area contributed by atoms with Gasteiger partial charge in [-0.25, -0.2) is 4.98 Å². The van der Waals surface area contributed by atoms with Gasteiger partial charge in [0, 0.05) is 5.56 Å². The molecule has 0 aliphatic rings. The molecule has 2 aromatic carbocycles. The number of benzene rings is 2. The second kappa shape index (κ2) is 9.14. The molecule has 31 heavy (non-hydrogen) atoms. The third kappa shape index (κ3) is 4.83. The molecule has 0 aliphatic heterocycles. The van der Waals surface area contributed by atoms with E-state index in [9.17, 15) is 23.2 Å². The van der Waals surface area contributed by atoms with Crippen molar-refractivity contribution in [2.24, 2.45) is 0 Å². The first-order chi connectivity index (χ1) is 14.8. The molecule has 1 aromatic heterocycles. The summed E-state index contributed by atoms with van der Waals surface area (Å²) in [5.74, 6) is 0.435. The van der Waals surface area contributed by atoms with Gasteiger partial charge in [0.05, 0.1) is 12.7 Å². The van der Waals surface area contributed by atoms with E-state index in [1.807, 2.05) is 6.07 Å². The van der Waals surface area contributed by atoms with Crippen LogP contribution in [0.1, 0.15) is 16.7 Å². The number of nitrogens with one attached hydrogen (secondary N) is 1. The van der Waals surface area contributed by atoms with Crippen molar-refractivity contribution in [1.29, 1.82) is 5.26 Å². The van der Waals surface area contributed by atoms with E-state index in [0.717, 1.165) is 12.1 Å². The van der Waals surface area contributed by atoms with Crippen LogP contribution in [-0.4, -0.2) is 23.3 Å². The van der Waals surface area contributed by atoms with Gasteiger partial charge in [-0.3, -0.25) is 4.79 Å². The zero-order valence-electron chi connectivity index (χ0n) is 16.4. The number of hydrogen-bond donors (Lipinski definition) is 1. The minimum atomic E-state index is -4.48. The van der Waals surface area contributed by atoms with Gasteiger partial charge in [-0.1, -0.05) is 30.0 Å². The number of alkyl halides is 3. The van der Waals surface area contributed by atoms with Crippen LogP contribution in [0.5, 0.6) is 11.5 Å². The summed E-state index contributed by atoms with van der Waals surface area (Å²) in [6.45, 7) is -0.197. The number of para-hydroxylation sites is 1. The number of H-pyrrole nitrogens is 1. The summed E-state index contributed by atoms with van der Waals surface area (Å²) in [6.07, 6.45) is -2.76. The van der Waals surface area contributed by atoms with E-state index in [2.05, 4.69) is 9.97 Å². The fraction of sp³-hybridized carbons (Fsp3) is 0.190. The molecule has 0 saturated heterocycles. The number of rotatable bonds is 6. The van der Waals surface area contributed by atoms with Gasteiger partial charge in [0.15, 0.2) is 16.7 Å². The van der Waals surface area contributed by atoms with Crippen molar-refractivity contribution in [3.05, 3.63) is 69.5 Å². The maximum absolute atomic E-state index is 13.0. The number of halogens is 3. The normalized spacial score (nSPS) is 11.1. The Bertz CT molecular complexity index is 1200. The molecule has 0 saturated carbocycles. The Labute approximate surface area is 179 Å². The molecule has 0 unspecified atom stereocenters. The summed E-state index contributed by atoms with van der Waals surface area (Å²) >= 11 is 1.19. The molecule has 3 aromatic rings. The fourth-order valence-corrected chi connectivity index (χ4v) is 3.23. The highest BCUT2D eigenvalue weighted by Crippen LogP contribution is 2.39. The van der Waals surface area contributed by atoms with Gasteiger partial charge in [0.2, 0.25) is 0 Å². The lowest BCUT2D eigenvalue weighted by Gasteiger charge is -2.16. The van der Waals surface area contributed by atoms with Crippen LogP contribution in [0, 0.1) is 11.3 Å². The second-order valence-electron chi connectivity index (χ2n) is 6.23. The van der Waals surface area contributed by atoms with Crippen LogP contribution in [-0.2, 0) is 12.8 Å². The minimum Gasteiger partial charge on any atom is -0.493 e. The predicted molar refractivity (Wildman–Crippen MR) is 109 cm³/mol. The Balaban J connectivity index is 2.07. The van der Waals surface area contributed by atoms with Crippen LogP contribution < -0.4 is 15.0 Å². The molecule has 160 valence electrons. The number of methoxy groups -OCH3 is 1. The SMILES string of the molecule is COc1cccc(-c2nc(SC)[nH]c(=O)c2C#N)c1OCc1cccc(C(F)(F)F)c1. The van der Waals surface area contributed by atoms with Crippen molar-refractivity contribution < 1.29 is 22.6 Å². The van der Waals surface area contributed by atoms with Gasteiger partial charge in [0.25, 0.3) is 5.56 Å². The second-order valence-corrected chi connectivity index (χ2v) is 7.03. The molecule has 0 atom stereocenters. The van der Waals surface area contributed by atoms with Gasteiger partial charge in [-0.05, 0) is 36.1 Å². The standard InChI is InChI=1S/C21H16F3N3O3S/c1-29-16-8-4-7-14(17-15(10-25)19(28)27-20(26-17)31-2)18(16)30-11-12-5-3-6-13(9-12)21(22,23)24/h3-9H,11H2,1-2H3,(H,26,27,28). The molecule has 0 amide bonds. The summed E-state index contributed by atoms with van der Waals surface area (Å²) in [7, 11) is 1.40. The average Bonchev–Trinajstić information content (AvgIpc) is 2.76. The van der Waals surface area contributed by atoms with Gasteiger partial charge in [-0.15, -0.1) is 0 Å². The van der Waals surface area contributed by atoms with Crippen molar-refractivity contribution >= 4 is 11.8 Å². The first-order valence-corrected chi connectivity index (χ1v) is 10.1. The number of ether oxygens (including phenoxy) is 2. The summed E-state index contributed by atoms with van der Waals surface area (Å²) in [4.78, 5) is 19.1.